The smallest absolute Gasteiger partial charge is 0.261 e. The average Bonchev–Trinajstić information content (AvgIpc) is 3.06. The van der Waals surface area contributed by atoms with E-state index >= 15 is 0 Å². The molecule has 1 aromatic heterocycles. The lowest BCUT2D eigenvalue weighted by molar-refractivity contribution is 0.0990. The van der Waals surface area contributed by atoms with E-state index in [1.165, 1.54) is 4.90 Å². The molecule has 1 amide bonds. The van der Waals surface area contributed by atoms with E-state index in [-0.39, 0.29) is 17.2 Å². The number of carbonyl (C=O) groups is 1. The lowest BCUT2D eigenvalue weighted by Crippen LogP contribution is -2.26. The number of fused-ring (bicyclic) bond motifs is 1. The number of rotatable bonds is 6. The van der Waals surface area contributed by atoms with E-state index in [0.717, 1.165) is 41.6 Å². The summed E-state index contributed by atoms with van der Waals surface area (Å²) in [5.74, 6) is 0.378. The second-order valence-electron chi connectivity index (χ2n) is 6.25. The first kappa shape index (κ1) is 17.8. The summed E-state index contributed by atoms with van der Waals surface area (Å²) in [6.45, 7) is 2.12. The molecule has 1 heterocycles. The van der Waals surface area contributed by atoms with Crippen LogP contribution in [0.2, 0.25) is 0 Å². The van der Waals surface area contributed by atoms with Gasteiger partial charge in [0, 0.05) is 24.2 Å². The number of phenols is 1. The summed E-state index contributed by atoms with van der Waals surface area (Å²) in [6.07, 6.45) is 2.93. The Morgan fingerprint density at radius 3 is 2.65 bits per heavy atom. The van der Waals surface area contributed by atoms with Gasteiger partial charge in [0.1, 0.15) is 11.5 Å². The first-order valence-electron chi connectivity index (χ1n) is 8.67. The quantitative estimate of drug-likeness (QED) is 0.704. The molecule has 0 radical (unpaired) electrons. The Balaban J connectivity index is 1.94. The predicted molar refractivity (Wildman–Crippen MR) is 102 cm³/mol. The van der Waals surface area contributed by atoms with Gasteiger partial charge in [-0.3, -0.25) is 9.89 Å². The number of aromatic amines is 1. The molecule has 0 bridgehead atoms. The number of anilines is 1. The van der Waals surface area contributed by atoms with Crippen molar-refractivity contribution in [2.24, 2.45) is 0 Å². The number of phenolic OH excluding ortho intramolecular Hbond substituents is 1. The van der Waals surface area contributed by atoms with Gasteiger partial charge in [-0.15, -0.1) is 0 Å². The second kappa shape index (κ2) is 7.47. The minimum Gasteiger partial charge on any atom is -0.507 e. The number of methoxy groups -OCH3 is 1. The first-order valence-corrected chi connectivity index (χ1v) is 8.67. The monoisotopic (exact) mass is 353 g/mol. The Morgan fingerprint density at radius 1 is 1.27 bits per heavy atom. The number of hydrogen-bond donors (Lipinski definition) is 2. The summed E-state index contributed by atoms with van der Waals surface area (Å²) in [7, 11) is 3.28. The number of unbranched alkanes of at least 4 members (excludes halogenated alkanes) is 1. The highest BCUT2D eigenvalue weighted by Crippen LogP contribution is 2.29. The van der Waals surface area contributed by atoms with Gasteiger partial charge in [-0.1, -0.05) is 13.3 Å². The fraction of sp³-hybridized carbons (Fsp3) is 0.300. The topological polar surface area (TPSA) is 78.4 Å². The van der Waals surface area contributed by atoms with Gasteiger partial charge in [-0.25, -0.2) is 0 Å². The predicted octanol–water partition coefficient (Wildman–Crippen LogP) is 3.90. The van der Waals surface area contributed by atoms with Gasteiger partial charge in [-0.2, -0.15) is 5.10 Å². The third kappa shape index (κ3) is 3.35. The van der Waals surface area contributed by atoms with Gasteiger partial charge in [-0.05, 0) is 43.2 Å². The second-order valence-corrected chi connectivity index (χ2v) is 6.25. The van der Waals surface area contributed by atoms with Crippen molar-refractivity contribution in [3.63, 3.8) is 0 Å². The van der Waals surface area contributed by atoms with Gasteiger partial charge in [0.05, 0.1) is 23.9 Å². The number of aryl methyl sites for hydroxylation is 1. The normalized spacial score (nSPS) is 10.9. The Kier molecular flexibility index (Phi) is 5.11. The van der Waals surface area contributed by atoms with Crippen LogP contribution in [0.4, 0.5) is 5.69 Å². The van der Waals surface area contributed by atoms with Crippen LogP contribution in [-0.4, -0.2) is 35.4 Å². The van der Waals surface area contributed by atoms with Crippen LogP contribution in [-0.2, 0) is 6.42 Å². The molecule has 6 heteroatoms. The number of aromatic nitrogens is 2. The number of H-pyrrole nitrogens is 1. The highest BCUT2D eigenvalue weighted by Gasteiger charge is 2.20. The van der Waals surface area contributed by atoms with E-state index in [1.54, 1.807) is 50.6 Å². The van der Waals surface area contributed by atoms with Crippen molar-refractivity contribution in [1.29, 1.82) is 0 Å². The lowest BCUT2D eigenvalue weighted by atomic mass is 10.1. The van der Waals surface area contributed by atoms with Crippen LogP contribution in [0.3, 0.4) is 0 Å². The minimum atomic E-state index is -0.280. The maximum absolute atomic E-state index is 12.9. The van der Waals surface area contributed by atoms with Crippen LogP contribution in [0.25, 0.3) is 10.9 Å². The van der Waals surface area contributed by atoms with Gasteiger partial charge < -0.3 is 14.7 Å². The molecule has 2 N–H and O–H groups in total. The lowest BCUT2D eigenvalue weighted by Gasteiger charge is -2.18. The van der Waals surface area contributed by atoms with Gasteiger partial charge >= 0.3 is 0 Å². The fourth-order valence-electron chi connectivity index (χ4n) is 2.92. The molecule has 6 nitrogen and oxygen atoms in total. The Morgan fingerprint density at radius 2 is 2.00 bits per heavy atom. The van der Waals surface area contributed by atoms with Crippen molar-refractivity contribution < 1.29 is 14.6 Å². The van der Waals surface area contributed by atoms with Crippen LogP contribution in [0.5, 0.6) is 11.5 Å². The molecule has 3 rings (SSSR count). The SMILES string of the molecule is CCCCc1n[nH]c2cc(O)c(C(=O)N(C)c3ccc(OC)cc3)cc12. The van der Waals surface area contributed by atoms with Gasteiger partial charge in [0.15, 0.2) is 0 Å². The van der Waals surface area contributed by atoms with E-state index in [9.17, 15) is 9.90 Å². The number of benzene rings is 2. The first-order chi connectivity index (χ1) is 12.5. The molecule has 0 unspecified atom stereocenters. The van der Waals surface area contributed by atoms with Crippen molar-refractivity contribution >= 4 is 22.5 Å². The Hall–Kier alpha value is -3.02. The number of nitrogens with one attached hydrogen (secondary N) is 1. The molecule has 26 heavy (non-hydrogen) atoms. The number of nitrogens with zero attached hydrogens (tertiary/aromatic N) is 2. The molecule has 0 atom stereocenters. The maximum atomic E-state index is 12.9. The van der Waals surface area contributed by atoms with E-state index in [4.69, 9.17) is 4.74 Å². The van der Waals surface area contributed by atoms with E-state index < -0.39 is 0 Å². The minimum absolute atomic E-state index is 0.0615. The summed E-state index contributed by atoms with van der Waals surface area (Å²) < 4.78 is 5.14. The summed E-state index contributed by atoms with van der Waals surface area (Å²) in [5.41, 5.74) is 2.63. The molecule has 0 saturated carbocycles. The van der Waals surface area contributed by atoms with Crippen LogP contribution in [0.15, 0.2) is 36.4 Å². The van der Waals surface area contributed by atoms with Crippen molar-refractivity contribution in [2.75, 3.05) is 19.1 Å². The number of aromatic hydroxyl groups is 1. The van der Waals surface area contributed by atoms with Crippen molar-refractivity contribution in [3.8, 4) is 11.5 Å². The van der Waals surface area contributed by atoms with Crippen molar-refractivity contribution in [1.82, 2.24) is 10.2 Å². The summed E-state index contributed by atoms with van der Waals surface area (Å²) in [4.78, 5) is 14.4. The van der Waals surface area contributed by atoms with Crippen LogP contribution < -0.4 is 9.64 Å². The van der Waals surface area contributed by atoms with Gasteiger partial charge in [0.25, 0.3) is 5.91 Å². The maximum Gasteiger partial charge on any atom is 0.261 e. The highest BCUT2D eigenvalue weighted by molar-refractivity contribution is 6.09. The third-order valence-corrected chi connectivity index (χ3v) is 4.52. The number of hydrogen-bond acceptors (Lipinski definition) is 4. The molecule has 136 valence electrons. The molecular weight excluding hydrogens is 330 g/mol. The number of carbonyl (C=O) groups excluding carboxylic acids is 1. The molecule has 0 aliphatic carbocycles. The summed E-state index contributed by atoms with van der Waals surface area (Å²) in [6, 6.07) is 10.5. The molecule has 0 saturated heterocycles. The van der Waals surface area contributed by atoms with E-state index in [0.29, 0.717) is 5.69 Å². The zero-order valence-corrected chi connectivity index (χ0v) is 15.2. The molecule has 0 aliphatic heterocycles. The Bertz CT molecular complexity index is 916. The molecule has 0 aliphatic rings. The van der Waals surface area contributed by atoms with E-state index in [2.05, 4.69) is 17.1 Å². The molecular formula is C20H23N3O3. The van der Waals surface area contributed by atoms with Crippen molar-refractivity contribution in [3.05, 3.63) is 47.7 Å². The van der Waals surface area contributed by atoms with Crippen LogP contribution in [0, 0.1) is 0 Å². The summed E-state index contributed by atoms with van der Waals surface area (Å²) in [5, 5.41) is 18.5. The largest absolute Gasteiger partial charge is 0.507 e. The van der Waals surface area contributed by atoms with Gasteiger partial charge in [0.2, 0.25) is 0 Å². The number of amides is 1. The third-order valence-electron chi connectivity index (χ3n) is 4.52. The molecule has 0 spiro atoms. The number of ether oxygens (including phenoxy) is 1. The molecule has 3 aromatic rings. The average molecular weight is 353 g/mol. The fourth-order valence-corrected chi connectivity index (χ4v) is 2.92. The zero-order chi connectivity index (χ0) is 18.7. The van der Waals surface area contributed by atoms with Crippen LogP contribution in [0.1, 0.15) is 35.8 Å². The molecule has 2 aromatic carbocycles. The highest BCUT2D eigenvalue weighted by atomic mass is 16.5. The zero-order valence-electron chi connectivity index (χ0n) is 15.2. The Labute approximate surface area is 152 Å². The summed E-state index contributed by atoms with van der Waals surface area (Å²) >= 11 is 0. The van der Waals surface area contributed by atoms with E-state index in [1.807, 2.05) is 0 Å². The molecule has 0 fully saturated rings. The van der Waals surface area contributed by atoms with Crippen LogP contribution >= 0.6 is 0 Å². The van der Waals surface area contributed by atoms with Crippen molar-refractivity contribution in [2.45, 2.75) is 26.2 Å². The standard InChI is InChI=1S/C20H23N3O3/c1-4-5-6-17-15-11-16(19(24)12-18(15)22-21-17)20(25)23(2)13-7-9-14(26-3)10-8-13/h7-12,24H,4-6H2,1-3H3,(H,21,22).